The molecule has 2 heterocycles. The number of nitrogens with zero attached hydrogens (tertiary/aromatic N) is 3. The normalized spacial score (nSPS) is 13.8. The topological polar surface area (TPSA) is 76.5 Å². The minimum atomic E-state index is -0.561. The molecule has 0 saturated heterocycles. The maximum Gasteiger partial charge on any atom is 0.410 e. The van der Waals surface area contributed by atoms with Gasteiger partial charge in [-0.1, -0.05) is 6.07 Å². The lowest BCUT2D eigenvalue weighted by Gasteiger charge is -2.30. The minimum absolute atomic E-state index is 0.277. The van der Waals surface area contributed by atoms with Gasteiger partial charge in [-0.15, -0.1) is 11.8 Å². The molecule has 0 radical (unpaired) electrons. The van der Waals surface area contributed by atoms with Crippen LogP contribution < -0.4 is 5.32 Å². The van der Waals surface area contributed by atoms with E-state index in [2.05, 4.69) is 10.4 Å². The number of anilines is 1. The zero-order valence-electron chi connectivity index (χ0n) is 16.9. The van der Waals surface area contributed by atoms with Crippen LogP contribution in [0.1, 0.15) is 42.5 Å². The zero-order chi connectivity index (χ0) is 20.5. The molecular formula is C20H26N4O3S. The van der Waals surface area contributed by atoms with Crippen molar-refractivity contribution in [1.29, 1.82) is 0 Å². The summed E-state index contributed by atoms with van der Waals surface area (Å²) in [5.74, 6) is -0.277. The Morgan fingerprint density at radius 3 is 2.71 bits per heavy atom. The summed E-state index contributed by atoms with van der Waals surface area (Å²) < 4.78 is 7.21. The van der Waals surface area contributed by atoms with Gasteiger partial charge in [0, 0.05) is 41.9 Å². The summed E-state index contributed by atoms with van der Waals surface area (Å²) in [7, 11) is 1.83. The van der Waals surface area contributed by atoms with Gasteiger partial charge in [0.25, 0.3) is 5.91 Å². The maximum absolute atomic E-state index is 12.9. The number of hydrogen-bond donors (Lipinski definition) is 1. The van der Waals surface area contributed by atoms with Gasteiger partial charge >= 0.3 is 6.09 Å². The second kappa shape index (κ2) is 7.87. The highest BCUT2D eigenvalue weighted by atomic mass is 32.2. The van der Waals surface area contributed by atoms with Crippen LogP contribution in [0.4, 0.5) is 10.5 Å². The van der Waals surface area contributed by atoms with Gasteiger partial charge in [-0.25, -0.2) is 4.79 Å². The first-order chi connectivity index (χ1) is 13.2. The molecular weight excluding hydrogens is 376 g/mol. The van der Waals surface area contributed by atoms with E-state index in [1.807, 2.05) is 58.3 Å². The fraction of sp³-hybridized carbons (Fsp3) is 0.450. The largest absolute Gasteiger partial charge is 0.444 e. The highest BCUT2D eigenvalue weighted by Gasteiger charge is 2.31. The van der Waals surface area contributed by atoms with Gasteiger partial charge in [-0.05, 0) is 45.2 Å². The van der Waals surface area contributed by atoms with E-state index in [0.29, 0.717) is 25.2 Å². The first kappa shape index (κ1) is 20.3. The molecule has 0 bridgehead atoms. The van der Waals surface area contributed by atoms with E-state index in [1.165, 1.54) is 0 Å². The Bertz CT molecular complexity index is 901. The van der Waals surface area contributed by atoms with Crippen LogP contribution in [0.2, 0.25) is 0 Å². The molecule has 28 heavy (non-hydrogen) atoms. The number of amides is 2. The zero-order valence-corrected chi connectivity index (χ0v) is 17.7. The summed E-state index contributed by atoms with van der Waals surface area (Å²) in [6.07, 6.45) is 2.25. The number of benzene rings is 1. The van der Waals surface area contributed by atoms with Gasteiger partial charge < -0.3 is 15.0 Å². The molecule has 0 atom stereocenters. The lowest BCUT2D eigenvalue weighted by Crippen LogP contribution is -2.40. The molecule has 8 heteroatoms. The summed E-state index contributed by atoms with van der Waals surface area (Å²) in [5, 5.41) is 7.34. The van der Waals surface area contributed by atoms with Gasteiger partial charge in [-0.3, -0.25) is 9.48 Å². The molecule has 7 nitrogen and oxygen atoms in total. The number of thioether (sulfide) groups is 1. The second-order valence-corrected chi connectivity index (χ2v) is 8.62. The van der Waals surface area contributed by atoms with Crippen molar-refractivity contribution in [2.24, 2.45) is 7.05 Å². The summed E-state index contributed by atoms with van der Waals surface area (Å²) >= 11 is 1.61. The summed E-state index contributed by atoms with van der Waals surface area (Å²) in [6, 6.07) is 7.66. The van der Waals surface area contributed by atoms with Crippen molar-refractivity contribution in [2.75, 3.05) is 18.1 Å². The molecule has 0 saturated carbocycles. The van der Waals surface area contributed by atoms with Crippen LogP contribution in [0.3, 0.4) is 0 Å². The van der Waals surface area contributed by atoms with Crippen molar-refractivity contribution in [3.05, 3.63) is 41.2 Å². The molecule has 2 aromatic rings. The summed E-state index contributed by atoms with van der Waals surface area (Å²) in [6.45, 7) is 6.37. The first-order valence-corrected chi connectivity index (χ1v) is 10.4. The van der Waals surface area contributed by atoms with Gasteiger partial charge in [0.1, 0.15) is 5.60 Å². The van der Waals surface area contributed by atoms with Gasteiger partial charge in [0.15, 0.2) is 5.69 Å². The SMILES string of the molecule is CSc1cccc(NC(=O)c2nn(C)c3c2CN(C(=O)OC(C)(C)C)CC3)c1. The second-order valence-electron chi connectivity index (χ2n) is 7.74. The van der Waals surface area contributed by atoms with Crippen LogP contribution in [0.5, 0.6) is 0 Å². The standard InChI is InChI=1S/C20H26N4O3S/c1-20(2,3)27-19(26)24-10-9-16-15(12-24)17(22-23(16)4)18(25)21-13-7-6-8-14(11-13)28-5/h6-8,11H,9-10,12H2,1-5H3,(H,21,25). The van der Waals surface area contributed by atoms with Crippen molar-refractivity contribution in [2.45, 2.75) is 44.2 Å². The van der Waals surface area contributed by atoms with Gasteiger partial charge in [-0.2, -0.15) is 5.10 Å². The predicted octanol–water partition coefficient (Wildman–Crippen LogP) is 3.69. The van der Waals surface area contributed by atoms with Crippen molar-refractivity contribution < 1.29 is 14.3 Å². The van der Waals surface area contributed by atoms with Crippen LogP contribution in [0.15, 0.2) is 29.2 Å². The fourth-order valence-corrected chi connectivity index (χ4v) is 3.61. The highest BCUT2D eigenvalue weighted by Crippen LogP contribution is 2.25. The monoisotopic (exact) mass is 402 g/mol. The maximum atomic E-state index is 12.9. The fourth-order valence-electron chi connectivity index (χ4n) is 3.15. The number of ether oxygens (including phenoxy) is 1. The molecule has 1 N–H and O–H groups in total. The number of nitrogens with one attached hydrogen (secondary N) is 1. The molecule has 1 aromatic heterocycles. The number of fused-ring (bicyclic) bond motifs is 1. The number of carbonyl (C=O) groups is 2. The number of hydrogen-bond acceptors (Lipinski definition) is 5. The smallest absolute Gasteiger partial charge is 0.410 e. The molecule has 0 aliphatic carbocycles. The summed E-state index contributed by atoms with van der Waals surface area (Å²) in [4.78, 5) is 28.0. The third-order valence-corrected chi connectivity index (χ3v) is 5.16. The van der Waals surface area contributed by atoms with Crippen molar-refractivity contribution in [3.8, 4) is 0 Å². The number of rotatable bonds is 3. The average molecular weight is 403 g/mol. The lowest BCUT2D eigenvalue weighted by atomic mass is 10.0. The van der Waals surface area contributed by atoms with Crippen LogP contribution >= 0.6 is 11.8 Å². The Balaban J connectivity index is 1.81. The molecule has 2 amide bonds. The number of aromatic nitrogens is 2. The van der Waals surface area contributed by atoms with Gasteiger partial charge in [0.2, 0.25) is 0 Å². The van der Waals surface area contributed by atoms with E-state index in [-0.39, 0.29) is 12.0 Å². The Morgan fingerprint density at radius 2 is 2.04 bits per heavy atom. The molecule has 1 aliphatic rings. The average Bonchev–Trinajstić information content (AvgIpc) is 2.97. The molecule has 3 rings (SSSR count). The van der Waals surface area contributed by atoms with Crippen LogP contribution in [0, 0.1) is 0 Å². The van der Waals surface area contributed by atoms with E-state index in [9.17, 15) is 9.59 Å². The Hall–Kier alpha value is -2.48. The first-order valence-electron chi connectivity index (χ1n) is 9.16. The Labute approximate surface area is 169 Å². The third-order valence-electron chi connectivity index (χ3n) is 4.44. The van der Waals surface area contributed by atoms with E-state index in [4.69, 9.17) is 4.74 Å². The molecule has 1 aromatic carbocycles. The highest BCUT2D eigenvalue weighted by molar-refractivity contribution is 7.98. The van der Waals surface area contributed by atoms with Crippen molar-refractivity contribution >= 4 is 29.4 Å². The van der Waals surface area contributed by atoms with Crippen LogP contribution in [-0.2, 0) is 24.8 Å². The lowest BCUT2D eigenvalue weighted by molar-refractivity contribution is 0.0222. The Morgan fingerprint density at radius 1 is 1.29 bits per heavy atom. The molecule has 0 spiro atoms. The third kappa shape index (κ3) is 4.49. The van der Waals surface area contributed by atoms with Crippen LogP contribution in [-0.4, -0.2) is 45.1 Å². The number of carbonyl (C=O) groups excluding carboxylic acids is 2. The molecule has 0 fully saturated rings. The minimum Gasteiger partial charge on any atom is -0.444 e. The molecule has 1 aliphatic heterocycles. The van der Waals surface area contributed by atoms with Crippen molar-refractivity contribution in [1.82, 2.24) is 14.7 Å². The molecule has 0 unspecified atom stereocenters. The van der Waals surface area contributed by atoms with Gasteiger partial charge in [0.05, 0.1) is 6.54 Å². The quantitative estimate of drug-likeness (QED) is 0.793. The van der Waals surface area contributed by atoms with Crippen molar-refractivity contribution in [3.63, 3.8) is 0 Å². The summed E-state index contributed by atoms with van der Waals surface area (Å²) in [5.41, 5.74) is 2.26. The Kier molecular flexibility index (Phi) is 5.69. The molecule has 150 valence electrons. The van der Waals surface area contributed by atoms with E-state index < -0.39 is 5.60 Å². The van der Waals surface area contributed by atoms with E-state index >= 15 is 0 Å². The van der Waals surface area contributed by atoms with E-state index in [0.717, 1.165) is 21.8 Å². The van der Waals surface area contributed by atoms with Crippen LogP contribution in [0.25, 0.3) is 0 Å². The number of aryl methyl sites for hydroxylation is 1. The predicted molar refractivity (Wildman–Crippen MR) is 110 cm³/mol. The van der Waals surface area contributed by atoms with E-state index in [1.54, 1.807) is 21.3 Å².